The maximum atomic E-state index is 3.36. The molecule has 0 saturated heterocycles. The van der Waals surface area contributed by atoms with E-state index in [1.54, 1.807) is 6.08 Å². The SMILES string of the molecule is C=CC.CCC[N+]1=C(/C=C/C=C/C=C2/N(CC)c3ccc4ccccc4c3C2(C)C)C(C)(C)c2c1ccc(C)c2C. The molecule has 0 amide bonds. The van der Waals surface area contributed by atoms with Gasteiger partial charge in [0.1, 0.15) is 6.54 Å². The van der Waals surface area contributed by atoms with Crippen molar-refractivity contribution in [3.63, 3.8) is 0 Å². The summed E-state index contributed by atoms with van der Waals surface area (Å²) in [6, 6.07) is 17.9. The standard InChI is InChI=1S/C36H43N2.C3H6/c1-9-24-38-29-22-20-25(3)26(4)33(29)35(5,6)32(38)19-13-11-12-18-31-36(7,8)34-28-17-15-14-16-27(28)21-23-30(34)37(31)10-2;1-3-2/h11-23H,9-10,24H2,1-8H3;3H,1H2,2H3/q+1;. The average Bonchev–Trinajstić information content (AvgIpc) is 3.29. The number of hydrogen-bond donors (Lipinski definition) is 0. The Balaban J connectivity index is 0.00000124. The molecular formula is C39H49N2+. The number of benzene rings is 3. The van der Waals surface area contributed by atoms with E-state index >= 15 is 0 Å². The molecule has 0 saturated carbocycles. The van der Waals surface area contributed by atoms with Crippen LogP contribution in [0.2, 0.25) is 0 Å². The Labute approximate surface area is 249 Å². The van der Waals surface area contributed by atoms with E-state index in [-0.39, 0.29) is 10.8 Å². The lowest BCUT2D eigenvalue weighted by atomic mass is 9.78. The lowest BCUT2D eigenvalue weighted by molar-refractivity contribution is -0.437. The van der Waals surface area contributed by atoms with Gasteiger partial charge in [-0.05, 0) is 81.1 Å². The maximum absolute atomic E-state index is 3.36. The molecule has 2 nitrogen and oxygen atoms in total. The number of fused-ring (bicyclic) bond motifs is 4. The predicted molar refractivity (Wildman–Crippen MR) is 181 cm³/mol. The van der Waals surface area contributed by atoms with Crippen molar-refractivity contribution in [1.82, 2.24) is 0 Å². The van der Waals surface area contributed by atoms with Gasteiger partial charge >= 0.3 is 0 Å². The summed E-state index contributed by atoms with van der Waals surface area (Å²) in [5, 5.41) is 2.68. The van der Waals surface area contributed by atoms with Gasteiger partial charge in [0, 0.05) is 47.5 Å². The topological polar surface area (TPSA) is 6.25 Å². The largest absolute Gasteiger partial charge is 0.344 e. The molecular weight excluding hydrogens is 496 g/mol. The van der Waals surface area contributed by atoms with Crippen LogP contribution in [0.1, 0.15) is 77.1 Å². The van der Waals surface area contributed by atoms with Crippen LogP contribution >= 0.6 is 0 Å². The summed E-state index contributed by atoms with van der Waals surface area (Å²) >= 11 is 0. The molecule has 0 radical (unpaired) electrons. The van der Waals surface area contributed by atoms with Gasteiger partial charge in [0.25, 0.3) is 0 Å². The van der Waals surface area contributed by atoms with Crippen molar-refractivity contribution < 1.29 is 4.58 Å². The van der Waals surface area contributed by atoms with Crippen LogP contribution in [-0.4, -0.2) is 23.4 Å². The number of allylic oxidation sites excluding steroid dienone is 7. The van der Waals surface area contributed by atoms with Crippen molar-refractivity contribution in [2.45, 2.75) is 79.6 Å². The van der Waals surface area contributed by atoms with E-state index in [0.29, 0.717) is 0 Å². The van der Waals surface area contributed by atoms with Gasteiger partial charge in [-0.1, -0.05) is 81.5 Å². The van der Waals surface area contributed by atoms with Crippen LogP contribution in [0.3, 0.4) is 0 Å². The highest BCUT2D eigenvalue weighted by atomic mass is 15.2. The molecule has 5 rings (SSSR count). The number of aryl methyl sites for hydroxylation is 1. The number of rotatable bonds is 6. The molecule has 0 bridgehead atoms. The first kappa shape index (κ1) is 30.3. The van der Waals surface area contributed by atoms with Gasteiger partial charge in [-0.3, -0.25) is 0 Å². The van der Waals surface area contributed by atoms with E-state index < -0.39 is 0 Å². The van der Waals surface area contributed by atoms with Crippen LogP contribution in [-0.2, 0) is 10.8 Å². The second-order valence-electron chi connectivity index (χ2n) is 12.3. The molecule has 3 aromatic rings. The van der Waals surface area contributed by atoms with Crippen LogP contribution in [0.4, 0.5) is 11.4 Å². The first-order chi connectivity index (χ1) is 19.6. The second kappa shape index (κ2) is 12.1. The lowest BCUT2D eigenvalue weighted by Gasteiger charge is -2.26. The summed E-state index contributed by atoms with van der Waals surface area (Å²) in [5.41, 5.74) is 11.1. The number of nitrogens with zero attached hydrogens (tertiary/aromatic N) is 2. The zero-order chi connectivity index (χ0) is 29.9. The third-order valence-electron chi connectivity index (χ3n) is 8.81. The Morgan fingerprint density at radius 2 is 1.56 bits per heavy atom. The Bertz CT molecular complexity index is 1570. The first-order valence-corrected chi connectivity index (χ1v) is 15.2. The first-order valence-electron chi connectivity index (χ1n) is 15.2. The summed E-state index contributed by atoms with van der Waals surface area (Å²) < 4.78 is 2.53. The van der Waals surface area contributed by atoms with E-state index in [4.69, 9.17) is 0 Å². The molecule has 41 heavy (non-hydrogen) atoms. The number of anilines is 1. The van der Waals surface area contributed by atoms with Crippen molar-refractivity contribution >= 4 is 27.9 Å². The molecule has 2 aliphatic rings. The molecule has 3 aromatic carbocycles. The van der Waals surface area contributed by atoms with Gasteiger partial charge in [-0.2, -0.15) is 4.58 Å². The van der Waals surface area contributed by atoms with Crippen molar-refractivity contribution in [2.75, 3.05) is 18.0 Å². The van der Waals surface area contributed by atoms with E-state index in [9.17, 15) is 0 Å². The third-order valence-corrected chi connectivity index (χ3v) is 8.81. The summed E-state index contributed by atoms with van der Waals surface area (Å²) in [6.45, 7) is 25.8. The molecule has 0 unspecified atom stereocenters. The van der Waals surface area contributed by atoms with Crippen LogP contribution < -0.4 is 4.90 Å². The van der Waals surface area contributed by atoms with Crippen LogP contribution in [0.15, 0.2) is 97.3 Å². The third kappa shape index (κ3) is 5.25. The Hall–Kier alpha value is -3.65. The summed E-state index contributed by atoms with van der Waals surface area (Å²) in [6.07, 6.45) is 14.2. The van der Waals surface area contributed by atoms with Gasteiger partial charge in [0.05, 0.1) is 5.41 Å². The van der Waals surface area contributed by atoms with Crippen molar-refractivity contribution in [1.29, 1.82) is 0 Å². The summed E-state index contributed by atoms with van der Waals surface area (Å²) in [5.74, 6) is 0. The Morgan fingerprint density at radius 3 is 2.24 bits per heavy atom. The van der Waals surface area contributed by atoms with Gasteiger partial charge in [-0.15, -0.1) is 6.58 Å². The highest BCUT2D eigenvalue weighted by Gasteiger charge is 2.45. The quantitative estimate of drug-likeness (QED) is 0.170. The van der Waals surface area contributed by atoms with Gasteiger partial charge < -0.3 is 4.90 Å². The highest BCUT2D eigenvalue weighted by molar-refractivity contribution is 6.03. The van der Waals surface area contributed by atoms with E-state index in [1.165, 1.54) is 55.8 Å². The van der Waals surface area contributed by atoms with Crippen LogP contribution in [0.25, 0.3) is 10.8 Å². The average molecular weight is 546 g/mol. The molecule has 214 valence electrons. The number of hydrogen-bond acceptors (Lipinski definition) is 1. The maximum Gasteiger partial charge on any atom is 0.210 e. The smallest absolute Gasteiger partial charge is 0.210 e. The molecule has 0 fully saturated rings. The fourth-order valence-electron chi connectivity index (χ4n) is 6.91. The molecule has 0 atom stereocenters. The summed E-state index contributed by atoms with van der Waals surface area (Å²) in [7, 11) is 0. The predicted octanol–water partition coefficient (Wildman–Crippen LogP) is 10.2. The normalized spacial score (nSPS) is 17.9. The van der Waals surface area contributed by atoms with Gasteiger partial charge in [0.15, 0.2) is 5.71 Å². The van der Waals surface area contributed by atoms with Crippen LogP contribution in [0, 0.1) is 13.8 Å². The van der Waals surface area contributed by atoms with Gasteiger partial charge in [-0.25, -0.2) is 0 Å². The second-order valence-corrected chi connectivity index (χ2v) is 12.3. The molecule has 0 aromatic heterocycles. The van der Waals surface area contributed by atoms with E-state index in [0.717, 1.165) is 19.5 Å². The molecule has 0 N–H and O–H groups in total. The Morgan fingerprint density at radius 1 is 0.854 bits per heavy atom. The minimum Gasteiger partial charge on any atom is -0.344 e. The summed E-state index contributed by atoms with van der Waals surface area (Å²) in [4.78, 5) is 2.48. The molecule has 2 heterocycles. The van der Waals surface area contributed by atoms with Crippen molar-refractivity contribution in [2.24, 2.45) is 0 Å². The molecule has 2 heteroatoms. The van der Waals surface area contributed by atoms with E-state index in [1.807, 2.05) is 6.92 Å². The minimum absolute atomic E-state index is 0.0153. The monoisotopic (exact) mass is 545 g/mol. The van der Waals surface area contributed by atoms with Crippen LogP contribution in [0.5, 0.6) is 0 Å². The lowest BCUT2D eigenvalue weighted by Crippen LogP contribution is -2.28. The van der Waals surface area contributed by atoms with Gasteiger partial charge in [0.2, 0.25) is 5.69 Å². The fourth-order valence-corrected chi connectivity index (χ4v) is 6.91. The van der Waals surface area contributed by atoms with Crippen molar-refractivity contribution in [3.8, 4) is 0 Å². The van der Waals surface area contributed by atoms with E-state index in [2.05, 4.69) is 150 Å². The fraction of sp³-hybridized carbons (Fsp3) is 0.359. The minimum atomic E-state index is -0.0581. The number of likely N-dealkylation sites (N-methyl/N-ethyl adjacent to an activating group) is 1. The zero-order valence-corrected chi connectivity index (χ0v) is 26.8. The highest BCUT2D eigenvalue weighted by Crippen LogP contribution is 2.50. The zero-order valence-electron chi connectivity index (χ0n) is 26.8. The molecule has 0 spiro atoms. The molecule has 0 aliphatic carbocycles. The molecule has 2 aliphatic heterocycles. The Kier molecular flexibility index (Phi) is 8.92. The van der Waals surface area contributed by atoms with Crippen molar-refractivity contribution in [3.05, 3.63) is 120 Å².